The fraction of sp³-hybridized carbons (Fsp3) is 0.471. The molecule has 2 aromatic heterocycles. The molecule has 2 aliphatic heterocycles. The number of cyclic esters (lactones) is 1. The summed E-state index contributed by atoms with van der Waals surface area (Å²) in [6, 6.07) is 0.705. The van der Waals surface area contributed by atoms with Gasteiger partial charge in [-0.05, 0) is 18.9 Å². The zero-order valence-electron chi connectivity index (χ0n) is 14.9. The highest BCUT2D eigenvalue weighted by atomic mass is 35.5. The van der Waals surface area contributed by atoms with E-state index in [-0.39, 0.29) is 28.0 Å². The van der Waals surface area contributed by atoms with E-state index < -0.39 is 23.3 Å². The highest BCUT2D eigenvalue weighted by Crippen LogP contribution is 2.36. The minimum Gasteiger partial charge on any atom is -0.448 e. The average molecular weight is 451 g/mol. The number of fused-ring (bicyclic) bond motifs is 1. The van der Waals surface area contributed by atoms with Crippen LogP contribution in [0.3, 0.4) is 0 Å². The number of hydrogen-bond acceptors (Lipinski definition) is 4. The summed E-state index contributed by atoms with van der Waals surface area (Å²) in [6.07, 6.45) is -2.82. The van der Waals surface area contributed by atoms with Crippen molar-refractivity contribution in [1.29, 1.82) is 0 Å². The molecule has 0 aromatic carbocycles. The number of imidazole rings is 1. The molecule has 0 unspecified atom stereocenters. The number of likely N-dealkylation sites (tertiary alicyclic amines) is 1. The van der Waals surface area contributed by atoms with Gasteiger partial charge in [-0.15, -0.1) is 0 Å². The Morgan fingerprint density at radius 1 is 1.21 bits per heavy atom. The van der Waals surface area contributed by atoms with Crippen LogP contribution in [-0.2, 0) is 10.9 Å². The summed E-state index contributed by atoms with van der Waals surface area (Å²) in [5, 5.41) is -0.412. The molecular weight excluding hydrogens is 436 g/mol. The van der Waals surface area contributed by atoms with Crippen molar-refractivity contribution in [3.63, 3.8) is 0 Å². The van der Waals surface area contributed by atoms with Crippen LogP contribution in [0.5, 0.6) is 0 Å². The van der Waals surface area contributed by atoms with Crippen molar-refractivity contribution < 1.29 is 27.5 Å². The standard InChI is InChI=1S/C17H15Cl2F3N4O3/c18-9-7-11(17(20,21)22)14-23-12(13(19)26(14)8-9)15(27)24-3-1-10(2-4-24)25-5-6-29-16(25)28/h7-8,10H,1-6H2. The lowest BCUT2D eigenvalue weighted by molar-refractivity contribution is -0.136. The minimum atomic E-state index is -4.70. The lowest BCUT2D eigenvalue weighted by Crippen LogP contribution is -2.47. The molecule has 0 N–H and O–H groups in total. The van der Waals surface area contributed by atoms with Gasteiger partial charge in [-0.3, -0.25) is 9.20 Å². The highest BCUT2D eigenvalue weighted by molar-refractivity contribution is 6.33. The third-order valence-electron chi connectivity index (χ3n) is 5.12. The number of alkyl halides is 3. The van der Waals surface area contributed by atoms with E-state index >= 15 is 0 Å². The van der Waals surface area contributed by atoms with Gasteiger partial charge in [0.05, 0.1) is 11.6 Å². The van der Waals surface area contributed by atoms with Crippen molar-refractivity contribution in [3.05, 3.63) is 33.7 Å². The van der Waals surface area contributed by atoms with Gasteiger partial charge in [0.15, 0.2) is 11.3 Å². The van der Waals surface area contributed by atoms with E-state index in [1.165, 1.54) is 11.1 Å². The first kappa shape index (κ1) is 20.1. The molecule has 12 heteroatoms. The molecule has 2 fully saturated rings. The van der Waals surface area contributed by atoms with Gasteiger partial charge in [0, 0.05) is 25.3 Å². The van der Waals surface area contributed by atoms with Crippen LogP contribution >= 0.6 is 23.2 Å². The van der Waals surface area contributed by atoms with E-state index in [0.717, 1.165) is 10.5 Å². The SMILES string of the molecule is O=C(c1nc2c(C(F)(F)F)cc(Cl)cn2c1Cl)N1CCC(N2CCOC2=O)CC1. The molecule has 0 saturated carbocycles. The van der Waals surface area contributed by atoms with E-state index in [1.807, 2.05) is 0 Å². The van der Waals surface area contributed by atoms with E-state index in [1.54, 1.807) is 4.90 Å². The number of ether oxygens (including phenoxy) is 1. The predicted octanol–water partition coefficient (Wildman–Crippen LogP) is 3.72. The quantitative estimate of drug-likeness (QED) is 0.699. The second-order valence-electron chi connectivity index (χ2n) is 6.85. The van der Waals surface area contributed by atoms with E-state index in [9.17, 15) is 22.8 Å². The van der Waals surface area contributed by atoms with Crippen LogP contribution < -0.4 is 0 Å². The number of carbonyl (C=O) groups excluding carboxylic acids is 2. The molecule has 2 saturated heterocycles. The summed E-state index contributed by atoms with van der Waals surface area (Å²) in [5.74, 6) is -0.564. The number of aromatic nitrogens is 2. The molecular formula is C17H15Cl2F3N4O3. The Balaban J connectivity index is 1.58. The summed E-state index contributed by atoms with van der Waals surface area (Å²) in [7, 11) is 0. The van der Waals surface area contributed by atoms with Gasteiger partial charge >= 0.3 is 12.3 Å². The van der Waals surface area contributed by atoms with Crippen LogP contribution in [0.1, 0.15) is 28.9 Å². The number of piperidine rings is 1. The Kier molecular flexibility index (Phi) is 5.02. The van der Waals surface area contributed by atoms with Crippen molar-refractivity contribution in [2.24, 2.45) is 0 Å². The topological polar surface area (TPSA) is 67.2 Å². The molecule has 0 radical (unpaired) electrons. The molecule has 4 rings (SSSR count). The molecule has 4 heterocycles. The molecule has 29 heavy (non-hydrogen) atoms. The molecule has 156 valence electrons. The van der Waals surface area contributed by atoms with E-state index in [2.05, 4.69) is 4.98 Å². The molecule has 0 aliphatic carbocycles. The Labute approximate surface area is 172 Å². The Morgan fingerprint density at radius 2 is 1.90 bits per heavy atom. The summed E-state index contributed by atoms with van der Waals surface area (Å²) in [5.41, 5.74) is -1.82. The number of halogens is 5. The largest absolute Gasteiger partial charge is 0.448 e. The van der Waals surface area contributed by atoms with Crippen LogP contribution in [0.25, 0.3) is 5.65 Å². The van der Waals surface area contributed by atoms with Gasteiger partial charge < -0.3 is 14.5 Å². The van der Waals surface area contributed by atoms with Gasteiger partial charge in [0.25, 0.3) is 5.91 Å². The Hall–Kier alpha value is -2.20. The first-order chi connectivity index (χ1) is 13.7. The summed E-state index contributed by atoms with van der Waals surface area (Å²) in [6.45, 7) is 1.50. The molecule has 2 aromatic rings. The first-order valence-corrected chi connectivity index (χ1v) is 9.59. The lowest BCUT2D eigenvalue weighted by Gasteiger charge is -2.35. The van der Waals surface area contributed by atoms with Crippen LogP contribution in [0.4, 0.5) is 18.0 Å². The van der Waals surface area contributed by atoms with Crippen LogP contribution in [-0.4, -0.2) is 63.5 Å². The van der Waals surface area contributed by atoms with Crippen LogP contribution in [0.15, 0.2) is 12.3 Å². The van der Waals surface area contributed by atoms with Gasteiger partial charge in [-0.2, -0.15) is 13.2 Å². The molecule has 7 nitrogen and oxygen atoms in total. The lowest BCUT2D eigenvalue weighted by atomic mass is 10.0. The first-order valence-electron chi connectivity index (χ1n) is 8.84. The smallest absolute Gasteiger partial charge is 0.420 e. The third-order valence-corrected chi connectivity index (χ3v) is 5.69. The minimum absolute atomic E-state index is 0.0405. The third kappa shape index (κ3) is 3.59. The second kappa shape index (κ2) is 7.24. The molecule has 2 amide bonds. The van der Waals surface area contributed by atoms with Crippen LogP contribution in [0, 0.1) is 0 Å². The maximum Gasteiger partial charge on any atom is 0.420 e. The monoisotopic (exact) mass is 450 g/mol. The average Bonchev–Trinajstić information content (AvgIpc) is 3.24. The molecule has 0 atom stereocenters. The zero-order valence-corrected chi connectivity index (χ0v) is 16.4. The van der Waals surface area contributed by atoms with Crippen LogP contribution in [0.2, 0.25) is 10.2 Å². The summed E-state index contributed by atoms with van der Waals surface area (Å²) < 4.78 is 45.9. The van der Waals surface area contributed by atoms with Crippen molar-refractivity contribution in [2.75, 3.05) is 26.2 Å². The maximum absolute atomic E-state index is 13.3. The Morgan fingerprint density at radius 3 is 2.48 bits per heavy atom. The maximum atomic E-state index is 13.3. The fourth-order valence-corrected chi connectivity index (χ4v) is 4.15. The number of pyridine rings is 1. The molecule has 2 aliphatic rings. The van der Waals surface area contributed by atoms with Crippen molar-refractivity contribution in [2.45, 2.75) is 25.1 Å². The molecule has 0 bridgehead atoms. The summed E-state index contributed by atoms with van der Waals surface area (Å²) in [4.78, 5) is 31.5. The van der Waals surface area contributed by atoms with Crippen molar-refractivity contribution in [1.82, 2.24) is 19.2 Å². The number of carbonyl (C=O) groups is 2. The number of nitrogens with zero attached hydrogens (tertiary/aromatic N) is 4. The van der Waals surface area contributed by atoms with E-state index in [4.69, 9.17) is 27.9 Å². The van der Waals surface area contributed by atoms with E-state index in [0.29, 0.717) is 39.1 Å². The zero-order chi connectivity index (χ0) is 20.9. The van der Waals surface area contributed by atoms with Gasteiger partial charge in [-0.1, -0.05) is 23.2 Å². The van der Waals surface area contributed by atoms with Gasteiger partial charge in [0.2, 0.25) is 0 Å². The van der Waals surface area contributed by atoms with Crippen molar-refractivity contribution in [3.8, 4) is 0 Å². The molecule has 0 spiro atoms. The normalized spacial score (nSPS) is 18.6. The van der Waals surface area contributed by atoms with Crippen molar-refractivity contribution >= 4 is 40.8 Å². The second-order valence-corrected chi connectivity index (χ2v) is 7.64. The number of hydrogen-bond donors (Lipinski definition) is 0. The van der Waals surface area contributed by atoms with Gasteiger partial charge in [0.1, 0.15) is 17.3 Å². The predicted molar refractivity (Wildman–Crippen MR) is 97.2 cm³/mol. The van der Waals surface area contributed by atoms with Gasteiger partial charge in [-0.25, -0.2) is 9.78 Å². The Bertz CT molecular complexity index is 986. The number of rotatable bonds is 2. The number of amides is 2. The summed E-state index contributed by atoms with van der Waals surface area (Å²) >= 11 is 12.0. The highest BCUT2D eigenvalue weighted by Gasteiger charge is 2.37. The fourth-order valence-electron chi connectivity index (χ4n) is 3.70.